The summed E-state index contributed by atoms with van der Waals surface area (Å²) in [6.07, 6.45) is 0. The number of carbonyl (C=O) groups excluding carboxylic acids is 1. The average Bonchev–Trinajstić information content (AvgIpc) is 2.14. The van der Waals surface area contributed by atoms with Crippen LogP contribution >= 0.6 is 0 Å². The summed E-state index contributed by atoms with van der Waals surface area (Å²) in [6.45, 7) is 0. The zero-order valence-electron chi connectivity index (χ0n) is 8.34. The third-order valence-corrected chi connectivity index (χ3v) is 3.29. The normalized spacial score (nSPS) is 17.4. The van der Waals surface area contributed by atoms with Gasteiger partial charge in [-0.25, -0.2) is 8.42 Å². The maximum atomic E-state index is 11.4. The smallest absolute Gasteiger partial charge is 0.412 e. The predicted molar refractivity (Wildman–Crippen MR) is 50.8 cm³/mol. The van der Waals surface area contributed by atoms with Gasteiger partial charge in [-0.15, -0.1) is 0 Å². The number of urea groups is 1. The zero-order valence-corrected chi connectivity index (χ0v) is 11.2. The van der Waals surface area contributed by atoms with Crippen molar-refractivity contribution >= 4 is 21.7 Å². The second-order valence-electron chi connectivity index (χ2n) is 2.88. The molecule has 1 aliphatic rings. The summed E-state index contributed by atoms with van der Waals surface area (Å²) in [5, 5.41) is 0. The molecule has 0 aliphatic carbocycles. The molecule has 1 aromatic rings. The molecule has 0 aromatic heterocycles. The van der Waals surface area contributed by atoms with Crippen molar-refractivity contribution in [3.63, 3.8) is 0 Å². The number of benzene rings is 1. The van der Waals surface area contributed by atoms with E-state index >= 15 is 0 Å². The van der Waals surface area contributed by atoms with Crippen molar-refractivity contribution in [3.05, 3.63) is 29.0 Å². The first kappa shape index (κ1) is 12.5. The topological polar surface area (TPSA) is 68.6 Å². The van der Waals surface area contributed by atoms with Gasteiger partial charge in [-0.2, -0.15) is 0 Å². The first-order valence-electron chi connectivity index (χ1n) is 3.87. The van der Waals surface area contributed by atoms with Crippen LogP contribution in [0.15, 0.2) is 29.2 Å². The van der Waals surface area contributed by atoms with Crippen molar-refractivity contribution in [1.29, 1.82) is 0 Å². The molecule has 2 amide bonds. The van der Waals surface area contributed by atoms with Gasteiger partial charge in [0.2, 0.25) is 10.0 Å². The van der Waals surface area contributed by atoms with Crippen LogP contribution in [-0.4, -0.2) is 21.5 Å². The van der Waals surface area contributed by atoms with Gasteiger partial charge in [-0.1, -0.05) is 25.2 Å². The van der Waals surface area contributed by atoms with Gasteiger partial charge in [0, 0.05) is 0 Å². The molecule has 0 fully saturated rings. The summed E-state index contributed by atoms with van der Waals surface area (Å²) >= 11 is 0. The van der Waals surface area contributed by atoms with Crippen molar-refractivity contribution in [2.45, 2.75) is 4.90 Å². The molecule has 0 atom stereocenters. The number of fused-ring (bicyclic) bond motifs is 1. The fraction of sp³-hybridized carbons (Fsp3) is 0.125. The summed E-state index contributed by atoms with van der Waals surface area (Å²) in [6, 6.07) is 5.50. The Morgan fingerprint density at radius 1 is 1.27 bits per heavy atom. The van der Waals surface area contributed by atoms with Crippen LogP contribution in [0, 0.1) is 0 Å². The second kappa shape index (κ2) is 4.13. The molecule has 1 aromatic carbocycles. The second-order valence-corrected chi connectivity index (χ2v) is 4.45. The molecule has 2 rings (SSSR count). The van der Waals surface area contributed by atoms with Gasteiger partial charge in [0.1, 0.15) is 0 Å². The summed E-state index contributed by atoms with van der Waals surface area (Å²) < 4.78 is 25.9. The van der Waals surface area contributed by atoms with Gasteiger partial charge in [-0.05, 0) is 11.8 Å². The molecule has 0 saturated carbocycles. The van der Waals surface area contributed by atoms with Gasteiger partial charge in [0.15, 0.2) is 6.03 Å². The Labute approximate surface area is 110 Å². The van der Waals surface area contributed by atoms with Crippen LogP contribution in [0.5, 0.6) is 0 Å². The summed E-state index contributed by atoms with van der Waals surface area (Å²) in [5.74, 6) is 0. The SMILES string of the molecule is CN1C(=O)[N-]S(=O)(=O)c2ccccc21.[Na+]. The Hall–Kier alpha value is -0.560. The van der Waals surface area contributed by atoms with E-state index in [2.05, 4.69) is 4.72 Å². The average molecular weight is 234 g/mol. The van der Waals surface area contributed by atoms with E-state index in [0.717, 1.165) is 0 Å². The van der Waals surface area contributed by atoms with E-state index in [-0.39, 0.29) is 34.5 Å². The molecular weight excluding hydrogens is 227 g/mol. The minimum absolute atomic E-state index is 0. The minimum atomic E-state index is -3.79. The van der Waals surface area contributed by atoms with E-state index in [4.69, 9.17) is 0 Å². The molecule has 1 heterocycles. The van der Waals surface area contributed by atoms with Crippen LogP contribution in [-0.2, 0) is 10.0 Å². The van der Waals surface area contributed by atoms with E-state index in [1.54, 1.807) is 18.2 Å². The third kappa shape index (κ3) is 2.03. The fourth-order valence-electron chi connectivity index (χ4n) is 1.27. The van der Waals surface area contributed by atoms with Crippen LogP contribution in [0.4, 0.5) is 10.5 Å². The predicted octanol–water partition coefficient (Wildman–Crippen LogP) is -1.68. The molecule has 0 N–H and O–H groups in total. The van der Waals surface area contributed by atoms with Crippen LogP contribution in [0.2, 0.25) is 0 Å². The Morgan fingerprint density at radius 2 is 1.87 bits per heavy atom. The molecule has 0 radical (unpaired) electrons. The molecule has 74 valence electrons. The van der Waals surface area contributed by atoms with E-state index in [0.29, 0.717) is 5.69 Å². The van der Waals surface area contributed by atoms with Crippen molar-refractivity contribution in [3.8, 4) is 0 Å². The molecular formula is C8H7N2NaO3S. The Kier molecular flexibility index (Phi) is 3.44. The number of anilines is 1. The van der Waals surface area contributed by atoms with E-state index in [9.17, 15) is 13.2 Å². The van der Waals surface area contributed by atoms with Gasteiger partial charge < -0.3 is 9.62 Å². The minimum Gasteiger partial charge on any atom is -0.412 e. The standard InChI is InChI=1S/C8H8N2O3S.Na/c1-10-6-4-2-3-5-7(6)14(12,13)9-8(10)11;/h2-5H,1H3,(H,9,11);/q;+1/p-1. The Bertz CT molecular complexity index is 500. The number of sulfonamides is 1. The van der Waals surface area contributed by atoms with Crippen molar-refractivity contribution < 1.29 is 42.8 Å². The number of nitrogens with zero attached hydrogens (tertiary/aromatic N) is 2. The Morgan fingerprint density at radius 3 is 2.53 bits per heavy atom. The van der Waals surface area contributed by atoms with Crippen molar-refractivity contribution in [1.82, 2.24) is 0 Å². The third-order valence-electron chi connectivity index (χ3n) is 1.99. The van der Waals surface area contributed by atoms with Gasteiger partial charge in [0.05, 0.1) is 4.90 Å². The number of hydrogen-bond acceptors (Lipinski definition) is 3. The monoisotopic (exact) mass is 234 g/mol. The number of hydrogen-bond donors (Lipinski definition) is 0. The molecule has 0 bridgehead atoms. The van der Waals surface area contributed by atoms with E-state index < -0.39 is 16.1 Å². The molecule has 15 heavy (non-hydrogen) atoms. The molecule has 0 unspecified atom stereocenters. The Balaban J connectivity index is 0.00000112. The number of para-hydroxylation sites is 1. The number of amides is 2. The van der Waals surface area contributed by atoms with Crippen molar-refractivity contribution in [2.75, 3.05) is 11.9 Å². The molecule has 7 heteroatoms. The van der Waals surface area contributed by atoms with Crippen LogP contribution in [0.3, 0.4) is 0 Å². The van der Waals surface area contributed by atoms with E-state index in [1.165, 1.54) is 18.0 Å². The fourth-order valence-corrected chi connectivity index (χ4v) is 2.41. The molecule has 0 saturated heterocycles. The zero-order chi connectivity index (χ0) is 10.3. The quantitative estimate of drug-likeness (QED) is 0.504. The largest absolute Gasteiger partial charge is 1.00 e. The van der Waals surface area contributed by atoms with Gasteiger partial charge in [0.25, 0.3) is 0 Å². The maximum Gasteiger partial charge on any atom is 1.00 e. The maximum absolute atomic E-state index is 11.4. The number of rotatable bonds is 0. The van der Waals surface area contributed by atoms with Crippen molar-refractivity contribution in [2.24, 2.45) is 0 Å². The number of carbonyl (C=O) groups is 1. The summed E-state index contributed by atoms with van der Waals surface area (Å²) in [5.41, 5.74) is 0.368. The molecule has 1 aliphatic heterocycles. The van der Waals surface area contributed by atoms with Crippen LogP contribution in [0.25, 0.3) is 4.72 Å². The van der Waals surface area contributed by atoms with Crippen LogP contribution in [0.1, 0.15) is 0 Å². The summed E-state index contributed by atoms with van der Waals surface area (Å²) in [7, 11) is -2.30. The van der Waals surface area contributed by atoms with Gasteiger partial charge >= 0.3 is 29.6 Å². The van der Waals surface area contributed by atoms with Crippen LogP contribution < -0.4 is 34.5 Å². The first-order valence-corrected chi connectivity index (χ1v) is 5.31. The molecule has 0 spiro atoms. The first-order chi connectivity index (χ1) is 6.52. The van der Waals surface area contributed by atoms with Gasteiger partial charge in [-0.3, -0.25) is 4.79 Å². The van der Waals surface area contributed by atoms with E-state index in [1.807, 2.05) is 0 Å². The molecule has 5 nitrogen and oxygen atoms in total. The summed E-state index contributed by atoms with van der Waals surface area (Å²) in [4.78, 5) is 12.4.